The van der Waals surface area contributed by atoms with Crippen molar-refractivity contribution in [2.75, 3.05) is 19.7 Å². The zero-order valence-corrected chi connectivity index (χ0v) is 19.0. The number of aryl methyl sites for hydroxylation is 1. The van der Waals surface area contributed by atoms with Crippen LogP contribution in [-0.2, 0) is 10.1 Å². The summed E-state index contributed by atoms with van der Waals surface area (Å²) in [6, 6.07) is 9.34. The number of hydrogen-bond donors (Lipinski definition) is 2. The van der Waals surface area contributed by atoms with E-state index in [0.29, 0.717) is 31.4 Å². The number of nitro groups is 1. The lowest BCUT2D eigenvalue weighted by Gasteiger charge is -2.32. The van der Waals surface area contributed by atoms with Gasteiger partial charge in [-0.3, -0.25) is 15.5 Å². The van der Waals surface area contributed by atoms with Crippen LogP contribution in [0.25, 0.3) is 0 Å². The molecule has 2 aromatic rings. The Bertz CT molecular complexity index is 1070. The van der Waals surface area contributed by atoms with Gasteiger partial charge in [0.25, 0.3) is 5.69 Å². The second-order valence-corrected chi connectivity index (χ2v) is 8.94. The molecular formula is C20H25ClN4O6S. The molecule has 0 bridgehead atoms. The minimum Gasteiger partial charge on any atom is -0.493 e. The number of benzene rings is 2. The minimum absolute atomic E-state index is 0. The Balaban J connectivity index is 0.00000363. The van der Waals surface area contributed by atoms with Gasteiger partial charge in [-0.15, -0.1) is 12.4 Å². The van der Waals surface area contributed by atoms with Gasteiger partial charge in [0.15, 0.2) is 5.96 Å². The standard InChI is InChI=1S/C20H24N4O6S.ClH/c1-14-10-17(29-13-15-6-8-23(9-7-15)20(21)22)12-18(11-14)30-31(27,28)19-4-2-16(3-5-19)24(25)26;/h2-5,10-12,15H,6-9,13H2,1H3,(H3,21,22);1H. The SMILES string of the molecule is Cc1cc(OCC2CCN(C(=N)N)CC2)cc(OS(=O)(=O)c2ccc([N+](=O)[O-])cc2)c1.Cl. The van der Waals surface area contributed by atoms with Gasteiger partial charge in [-0.05, 0) is 55.5 Å². The summed E-state index contributed by atoms with van der Waals surface area (Å²) >= 11 is 0. The smallest absolute Gasteiger partial charge is 0.339 e. The molecule has 0 radical (unpaired) electrons. The molecule has 1 aliphatic rings. The van der Waals surface area contributed by atoms with Crippen molar-refractivity contribution >= 4 is 34.2 Å². The zero-order chi connectivity index (χ0) is 22.6. The van der Waals surface area contributed by atoms with Gasteiger partial charge >= 0.3 is 10.1 Å². The Labute approximate surface area is 192 Å². The number of likely N-dealkylation sites (tertiary alicyclic amines) is 1. The number of ether oxygens (including phenoxy) is 1. The maximum Gasteiger partial charge on any atom is 0.339 e. The van der Waals surface area contributed by atoms with E-state index in [2.05, 4.69) is 0 Å². The number of non-ortho nitro benzene ring substituents is 1. The molecule has 1 heterocycles. The predicted molar refractivity (Wildman–Crippen MR) is 121 cm³/mol. The van der Waals surface area contributed by atoms with Gasteiger partial charge in [-0.1, -0.05) is 0 Å². The van der Waals surface area contributed by atoms with Crippen molar-refractivity contribution in [1.82, 2.24) is 4.90 Å². The summed E-state index contributed by atoms with van der Waals surface area (Å²) in [5, 5.41) is 18.2. The average Bonchev–Trinajstić information content (AvgIpc) is 2.72. The van der Waals surface area contributed by atoms with E-state index >= 15 is 0 Å². The molecular weight excluding hydrogens is 460 g/mol. The number of rotatable bonds is 7. The number of hydrogen-bond acceptors (Lipinski definition) is 7. The van der Waals surface area contributed by atoms with Gasteiger partial charge in [0.05, 0.1) is 11.5 Å². The van der Waals surface area contributed by atoms with Gasteiger partial charge in [0, 0.05) is 31.3 Å². The summed E-state index contributed by atoms with van der Waals surface area (Å²) in [6.45, 7) is 3.67. The predicted octanol–water partition coefficient (Wildman–Crippen LogP) is 3.08. The zero-order valence-electron chi connectivity index (χ0n) is 17.4. The quantitative estimate of drug-likeness (QED) is 0.200. The van der Waals surface area contributed by atoms with E-state index in [0.717, 1.165) is 42.7 Å². The molecule has 12 heteroatoms. The summed E-state index contributed by atoms with van der Waals surface area (Å²) in [5.74, 6) is 0.973. The monoisotopic (exact) mass is 484 g/mol. The highest BCUT2D eigenvalue weighted by atomic mass is 35.5. The van der Waals surface area contributed by atoms with Crippen molar-refractivity contribution < 1.29 is 22.3 Å². The second-order valence-electron chi connectivity index (χ2n) is 7.40. The molecule has 0 saturated carbocycles. The maximum atomic E-state index is 12.5. The lowest BCUT2D eigenvalue weighted by Crippen LogP contribution is -2.43. The normalized spacial score (nSPS) is 14.3. The molecule has 0 spiro atoms. The highest BCUT2D eigenvalue weighted by molar-refractivity contribution is 7.87. The maximum absolute atomic E-state index is 12.5. The number of guanidine groups is 1. The summed E-state index contributed by atoms with van der Waals surface area (Å²) < 4.78 is 36.2. The van der Waals surface area contributed by atoms with Gasteiger partial charge in [0.1, 0.15) is 16.4 Å². The molecule has 0 amide bonds. The molecule has 174 valence electrons. The van der Waals surface area contributed by atoms with Crippen LogP contribution in [0.4, 0.5) is 5.69 Å². The first kappa shape index (κ1) is 25.2. The lowest BCUT2D eigenvalue weighted by atomic mass is 9.98. The molecule has 0 atom stereocenters. The fraction of sp³-hybridized carbons (Fsp3) is 0.350. The number of nitrogens with one attached hydrogen (secondary N) is 1. The molecule has 0 aliphatic carbocycles. The van der Waals surface area contributed by atoms with E-state index < -0.39 is 15.0 Å². The van der Waals surface area contributed by atoms with E-state index in [-0.39, 0.29) is 34.7 Å². The second kappa shape index (κ2) is 10.5. The van der Waals surface area contributed by atoms with Gasteiger partial charge < -0.3 is 19.6 Å². The molecule has 1 fully saturated rings. The van der Waals surface area contributed by atoms with Crippen molar-refractivity contribution in [3.05, 3.63) is 58.1 Å². The Morgan fingerprint density at radius 3 is 2.34 bits per heavy atom. The number of nitro benzene ring substituents is 1. The molecule has 0 aromatic heterocycles. The molecule has 3 rings (SSSR count). The van der Waals surface area contributed by atoms with Crippen LogP contribution in [-0.4, -0.2) is 43.9 Å². The van der Waals surface area contributed by atoms with E-state index in [9.17, 15) is 18.5 Å². The highest BCUT2D eigenvalue weighted by Crippen LogP contribution is 2.27. The Morgan fingerprint density at radius 2 is 1.78 bits per heavy atom. The first-order valence-electron chi connectivity index (χ1n) is 9.66. The lowest BCUT2D eigenvalue weighted by molar-refractivity contribution is -0.384. The Hall–Kier alpha value is -3.05. The van der Waals surface area contributed by atoms with Crippen molar-refractivity contribution in [1.29, 1.82) is 5.41 Å². The number of halogens is 1. The number of piperidine rings is 1. The highest BCUT2D eigenvalue weighted by Gasteiger charge is 2.21. The van der Waals surface area contributed by atoms with Crippen LogP contribution in [0.5, 0.6) is 11.5 Å². The molecule has 1 saturated heterocycles. The first-order valence-corrected chi connectivity index (χ1v) is 11.1. The van der Waals surface area contributed by atoms with Crippen molar-refractivity contribution in [3.8, 4) is 11.5 Å². The van der Waals surface area contributed by atoms with Crippen LogP contribution in [0.1, 0.15) is 18.4 Å². The molecule has 3 N–H and O–H groups in total. The average molecular weight is 485 g/mol. The summed E-state index contributed by atoms with van der Waals surface area (Å²) in [4.78, 5) is 11.8. The van der Waals surface area contributed by atoms with Crippen LogP contribution >= 0.6 is 12.4 Å². The third-order valence-corrected chi connectivity index (χ3v) is 6.27. The van der Waals surface area contributed by atoms with E-state index in [4.69, 9.17) is 20.1 Å². The largest absolute Gasteiger partial charge is 0.493 e. The fourth-order valence-corrected chi connectivity index (χ4v) is 4.22. The van der Waals surface area contributed by atoms with E-state index in [1.165, 1.54) is 6.07 Å². The van der Waals surface area contributed by atoms with Crippen molar-refractivity contribution in [2.45, 2.75) is 24.7 Å². The Morgan fingerprint density at radius 1 is 1.19 bits per heavy atom. The Kier molecular flexibility index (Phi) is 8.28. The molecule has 1 aliphatic heterocycles. The van der Waals surface area contributed by atoms with Crippen LogP contribution in [0.3, 0.4) is 0 Å². The van der Waals surface area contributed by atoms with Crippen LogP contribution in [0.2, 0.25) is 0 Å². The molecule has 32 heavy (non-hydrogen) atoms. The van der Waals surface area contributed by atoms with Crippen LogP contribution < -0.4 is 14.7 Å². The summed E-state index contributed by atoms with van der Waals surface area (Å²) in [6.07, 6.45) is 1.70. The summed E-state index contributed by atoms with van der Waals surface area (Å²) in [5.41, 5.74) is 6.06. The topological polar surface area (TPSA) is 149 Å². The van der Waals surface area contributed by atoms with Gasteiger partial charge in [-0.2, -0.15) is 8.42 Å². The van der Waals surface area contributed by atoms with Crippen molar-refractivity contribution in [2.24, 2.45) is 11.7 Å². The first-order chi connectivity index (χ1) is 14.6. The van der Waals surface area contributed by atoms with E-state index in [1.54, 1.807) is 19.1 Å². The summed E-state index contributed by atoms with van der Waals surface area (Å²) in [7, 11) is -4.15. The third kappa shape index (κ3) is 6.47. The number of nitrogens with zero attached hydrogens (tertiary/aromatic N) is 2. The van der Waals surface area contributed by atoms with Gasteiger partial charge in [-0.25, -0.2) is 0 Å². The van der Waals surface area contributed by atoms with Crippen molar-refractivity contribution in [3.63, 3.8) is 0 Å². The molecule has 0 unspecified atom stereocenters. The molecule has 2 aromatic carbocycles. The van der Waals surface area contributed by atoms with E-state index in [1.807, 2.05) is 4.90 Å². The number of nitrogens with two attached hydrogens (primary N) is 1. The third-order valence-electron chi connectivity index (χ3n) is 5.01. The minimum atomic E-state index is -4.15. The van der Waals surface area contributed by atoms with Crippen LogP contribution in [0.15, 0.2) is 47.4 Å². The fourth-order valence-electron chi connectivity index (χ4n) is 3.31. The van der Waals surface area contributed by atoms with Crippen LogP contribution in [0, 0.1) is 28.4 Å². The molecule has 10 nitrogen and oxygen atoms in total. The van der Waals surface area contributed by atoms with Gasteiger partial charge in [0.2, 0.25) is 0 Å².